The smallest absolute Gasteiger partial charge is 0.330 e. The molecule has 176 valence electrons. The number of carbonyl (C=O) groups is 3. The van der Waals surface area contributed by atoms with Gasteiger partial charge in [-0.3, -0.25) is 19.0 Å². The van der Waals surface area contributed by atoms with Crippen molar-refractivity contribution in [2.75, 3.05) is 18.4 Å². The van der Waals surface area contributed by atoms with Gasteiger partial charge in [0.25, 0.3) is 5.56 Å². The van der Waals surface area contributed by atoms with Gasteiger partial charge in [-0.05, 0) is 49.9 Å². The van der Waals surface area contributed by atoms with Crippen LogP contribution in [-0.2, 0) is 20.8 Å². The molecular formula is C24H25N5O5. The lowest BCUT2D eigenvalue weighted by Gasteiger charge is -2.19. The van der Waals surface area contributed by atoms with Gasteiger partial charge < -0.3 is 20.7 Å². The first kappa shape index (κ1) is 23.0. The number of hydrogen-bond acceptors (Lipinski definition) is 7. The molecule has 1 saturated heterocycles. The number of amides is 2. The Balaban J connectivity index is 1.41. The van der Waals surface area contributed by atoms with E-state index in [1.165, 1.54) is 4.57 Å². The number of ether oxygens (including phenoxy) is 1. The van der Waals surface area contributed by atoms with Crippen molar-refractivity contribution in [3.05, 3.63) is 58.5 Å². The normalized spacial score (nSPS) is 19.4. The van der Waals surface area contributed by atoms with Crippen molar-refractivity contribution in [1.29, 1.82) is 5.26 Å². The number of aryl methyl sites for hydroxylation is 1. The number of fused-ring (bicyclic) bond motifs is 1. The molecule has 1 aromatic carbocycles. The van der Waals surface area contributed by atoms with Crippen molar-refractivity contribution >= 4 is 23.5 Å². The number of para-hydroxylation sites is 1. The third-order valence-electron chi connectivity index (χ3n) is 6.04. The second kappa shape index (κ2) is 10.2. The van der Waals surface area contributed by atoms with Crippen LogP contribution in [0, 0.1) is 17.2 Å². The Kier molecular flexibility index (Phi) is 6.92. The van der Waals surface area contributed by atoms with E-state index in [0.717, 1.165) is 0 Å². The van der Waals surface area contributed by atoms with E-state index in [1.54, 1.807) is 42.5 Å². The van der Waals surface area contributed by atoms with Gasteiger partial charge in [0, 0.05) is 18.2 Å². The fourth-order valence-corrected chi connectivity index (χ4v) is 4.32. The summed E-state index contributed by atoms with van der Waals surface area (Å²) < 4.78 is 6.61. The van der Waals surface area contributed by atoms with Gasteiger partial charge in [-0.15, -0.1) is 0 Å². The van der Waals surface area contributed by atoms with Gasteiger partial charge in [-0.25, -0.2) is 4.79 Å². The Morgan fingerprint density at radius 3 is 2.68 bits per heavy atom. The van der Waals surface area contributed by atoms with Gasteiger partial charge in [0.05, 0.1) is 6.07 Å². The lowest BCUT2D eigenvalue weighted by atomic mass is 9.99. The molecule has 10 nitrogen and oxygen atoms in total. The summed E-state index contributed by atoms with van der Waals surface area (Å²) in [6, 6.07) is 12.4. The molecule has 4 rings (SSSR count). The number of pyridine rings is 1. The molecule has 2 amide bonds. The summed E-state index contributed by atoms with van der Waals surface area (Å²) in [5, 5.41) is 17.7. The number of carbonyl (C=O) groups excluding carboxylic acids is 3. The Labute approximate surface area is 195 Å². The van der Waals surface area contributed by atoms with Crippen molar-refractivity contribution in [3.8, 4) is 11.8 Å². The number of anilines is 1. The zero-order valence-corrected chi connectivity index (χ0v) is 18.5. The van der Waals surface area contributed by atoms with E-state index < -0.39 is 29.5 Å². The fourth-order valence-electron chi connectivity index (χ4n) is 4.32. The van der Waals surface area contributed by atoms with E-state index in [0.29, 0.717) is 37.3 Å². The number of nitrogens with one attached hydrogen (secondary N) is 3. The highest BCUT2D eigenvalue weighted by Gasteiger charge is 2.33. The topological polar surface area (TPSA) is 142 Å². The molecule has 0 aliphatic carbocycles. The summed E-state index contributed by atoms with van der Waals surface area (Å²) in [7, 11) is 0. The molecule has 0 radical (unpaired) electrons. The SMILES string of the molecule is N#C[C@H](C[C@@H]1CCNC1=O)NC(=O)[C@H]1CCc2ccc(NCC(=O)Oc3ccccc3)c(=O)n21. The van der Waals surface area contributed by atoms with Crippen molar-refractivity contribution in [1.82, 2.24) is 15.2 Å². The molecule has 0 bridgehead atoms. The Bertz CT molecular complexity index is 1190. The molecule has 0 saturated carbocycles. The van der Waals surface area contributed by atoms with E-state index in [-0.39, 0.29) is 30.5 Å². The number of esters is 1. The maximum atomic E-state index is 13.1. The number of hydrogen-bond donors (Lipinski definition) is 3. The predicted molar refractivity (Wildman–Crippen MR) is 122 cm³/mol. The monoisotopic (exact) mass is 463 g/mol. The Morgan fingerprint density at radius 1 is 1.18 bits per heavy atom. The Morgan fingerprint density at radius 2 is 1.97 bits per heavy atom. The zero-order chi connectivity index (χ0) is 24.1. The third-order valence-corrected chi connectivity index (χ3v) is 6.04. The van der Waals surface area contributed by atoms with Crippen LogP contribution in [0.25, 0.3) is 0 Å². The lowest BCUT2D eigenvalue weighted by Crippen LogP contribution is -2.42. The molecule has 3 atom stereocenters. The van der Waals surface area contributed by atoms with Crippen molar-refractivity contribution in [3.63, 3.8) is 0 Å². The molecule has 2 aliphatic rings. The van der Waals surface area contributed by atoms with Crippen LogP contribution < -0.4 is 26.2 Å². The molecule has 2 aliphatic heterocycles. The van der Waals surface area contributed by atoms with Crippen LogP contribution in [0.3, 0.4) is 0 Å². The summed E-state index contributed by atoms with van der Waals surface area (Å²) >= 11 is 0. The second-order valence-electron chi connectivity index (χ2n) is 8.31. The predicted octanol–water partition coefficient (Wildman–Crippen LogP) is 0.888. The van der Waals surface area contributed by atoms with Crippen LogP contribution in [0.15, 0.2) is 47.3 Å². The van der Waals surface area contributed by atoms with E-state index in [4.69, 9.17) is 4.74 Å². The fraction of sp³-hybridized carbons (Fsp3) is 0.375. The molecule has 3 N–H and O–H groups in total. The molecule has 34 heavy (non-hydrogen) atoms. The van der Waals surface area contributed by atoms with Crippen molar-refractivity contribution < 1.29 is 19.1 Å². The standard InChI is InChI=1S/C24H25N5O5/c25-13-16(12-15-10-11-26-22(15)31)28-23(32)20-9-7-17-6-8-19(24(33)29(17)20)27-14-21(30)34-18-4-2-1-3-5-18/h1-6,8,15-16,20,27H,7,9-12,14H2,(H,26,31)(H,28,32)/t15-,16-,20+/m0/s1. The summed E-state index contributed by atoms with van der Waals surface area (Å²) in [6.45, 7) is 0.343. The zero-order valence-electron chi connectivity index (χ0n) is 18.5. The summed E-state index contributed by atoms with van der Waals surface area (Å²) in [4.78, 5) is 49.9. The molecule has 10 heteroatoms. The molecule has 1 aromatic heterocycles. The Hall–Kier alpha value is -4.13. The molecule has 0 spiro atoms. The highest BCUT2D eigenvalue weighted by Crippen LogP contribution is 2.25. The minimum Gasteiger partial charge on any atom is -0.425 e. The average molecular weight is 463 g/mol. The van der Waals surface area contributed by atoms with Crippen LogP contribution in [0.5, 0.6) is 5.75 Å². The highest BCUT2D eigenvalue weighted by molar-refractivity contribution is 5.83. The largest absolute Gasteiger partial charge is 0.425 e. The number of aromatic nitrogens is 1. The average Bonchev–Trinajstić information content (AvgIpc) is 3.45. The lowest BCUT2D eigenvalue weighted by molar-refractivity contribution is -0.132. The summed E-state index contributed by atoms with van der Waals surface area (Å²) in [5.41, 5.74) is 0.450. The first-order chi connectivity index (χ1) is 16.5. The molecule has 0 unspecified atom stereocenters. The third kappa shape index (κ3) is 5.09. The summed E-state index contributed by atoms with van der Waals surface area (Å²) in [5.74, 6) is -1.02. The van der Waals surface area contributed by atoms with Crippen LogP contribution in [0.2, 0.25) is 0 Å². The van der Waals surface area contributed by atoms with E-state index in [9.17, 15) is 24.4 Å². The van der Waals surface area contributed by atoms with Gasteiger partial charge in [-0.1, -0.05) is 18.2 Å². The van der Waals surface area contributed by atoms with Crippen LogP contribution in [0.4, 0.5) is 5.69 Å². The first-order valence-corrected chi connectivity index (χ1v) is 11.2. The van der Waals surface area contributed by atoms with E-state index >= 15 is 0 Å². The van der Waals surface area contributed by atoms with Gasteiger partial charge >= 0.3 is 5.97 Å². The molecule has 2 aromatic rings. The number of nitriles is 1. The van der Waals surface area contributed by atoms with Gasteiger partial charge in [0.2, 0.25) is 11.8 Å². The maximum Gasteiger partial charge on any atom is 0.330 e. The van der Waals surface area contributed by atoms with Gasteiger partial charge in [-0.2, -0.15) is 5.26 Å². The first-order valence-electron chi connectivity index (χ1n) is 11.2. The van der Waals surface area contributed by atoms with Crippen LogP contribution >= 0.6 is 0 Å². The number of nitrogens with zero attached hydrogens (tertiary/aromatic N) is 2. The quantitative estimate of drug-likeness (QED) is 0.390. The minimum absolute atomic E-state index is 0.113. The second-order valence-corrected chi connectivity index (χ2v) is 8.31. The molecule has 1 fully saturated rings. The van der Waals surface area contributed by atoms with E-state index in [2.05, 4.69) is 16.0 Å². The van der Waals surface area contributed by atoms with E-state index in [1.807, 2.05) is 6.07 Å². The van der Waals surface area contributed by atoms with Crippen LogP contribution in [-0.4, -0.2) is 41.5 Å². The van der Waals surface area contributed by atoms with Crippen molar-refractivity contribution in [2.24, 2.45) is 5.92 Å². The highest BCUT2D eigenvalue weighted by atomic mass is 16.5. The molecule has 3 heterocycles. The molecular weight excluding hydrogens is 438 g/mol. The van der Waals surface area contributed by atoms with Gasteiger partial charge in [0.15, 0.2) is 0 Å². The number of rotatable bonds is 8. The van der Waals surface area contributed by atoms with Crippen LogP contribution in [0.1, 0.15) is 31.0 Å². The van der Waals surface area contributed by atoms with Gasteiger partial charge in [0.1, 0.15) is 30.1 Å². The van der Waals surface area contributed by atoms with Crippen molar-refractivity contribution in [2.45, 2.75) is 37.8 Å². The maximum absolute atomic E-state index is 13.1. The number of benzene rings is 1. The minimum atomic E-state index is -0.824. The summed E-state index contributed by atoms with van der Waals surface area (Å²) in [6.07, 6.45) is 1.81.